The lowest BCUT2D eigenvalue weighted by molar-refractivity contribution is -0.437. The minimum Gasteiger partial charge on any atom is -1.00 e. The molecule has 0 unspecified atom stereocenters. The molecule has 0 spiro atoms. The quantitative estimate of drug-likeness (QED) is 0.691. The molecule has 0 fully saturated rings. The highest BCUT2D eigenvalue weighted by molar-refractivity contribution is 5.82. The molecule has 2 aliphatic rings. The van der Waals surface area contributed by atoms with Crippen molar-refractivity contribution in [1.82, 2.24) is 0 Å². The van der Waals surface area contributed by atoms with Crippen molar-refractivity contribution in [3.05, 3.63) is 47.5 Å². The predicted molar refractivity (Wildman–Crippen MR) is 79.2 cm³/mol. The lowest BCUT2D eigenvalue weighted by atomic mass is 10.0. The Kier molecular flexibility index (Phi) is 4.07. The molecule has 5 heteroatoms. The van der Waals surface area contributed by atoms with E-state index < -0.39 is 0 Å². The van der Waals surface area contributed by atoms with E-state index in [2.05, 4.69) is 29.0 Å². The monoisotopic (exact) mass is 361 g/mol. The molecule has 0 aliphatic carbocycles. The van der Waals surface area contributed by atoms with Gasteiger partial charge in [0, 0.05) is 18.1 Å². The highest BCUT2D eigenvalue weighted by Gasteiger charge is 2.24. The first kappa shape index (κ1) is 14.9. The van der Waals surface area contributed by atoms with Crippen LogP contribution in [0.5, 0.6) is 17.2 Å². The molecular weight excluding hydrogens is 346 g/mol. The number of halogens is 1. The highest BCUT2D eigenvalue weighted by atomic mass is 79.9. The summed E-state index contributed by atoms with van der Waals surface area (Å²) in [6, 6.07) is 12.2. The molecule has 0 aromatic heterocycles. The van der Waals surface area contributed by atoms with E-state index in [-0.39, 0.29) is 17.0 Å². The molecule has 2 aromatic rings. The van der Waals surface area contributed by atoms with Crippen molar-refractivity contribution in [2.75, 3.05) is 20.4 Å². The lowest BCUT2D eigenvalue weighted by Gasteiger charge is -2.14. The average molecular weight is 362 g/mol. The van der Waals surface area contributed by atoms with Crippen LogP contribution in [0.25, 0.3) is 0 Å². The average Bonchev–Trinajstić information content (AvgIpc) is 2.99. The summed E-state index contributed by atoms with van der Waals surface area (Å²) >= 11 is 0. The van der Waals surface area contributed by atoms with Gasteiger partial charge in [-0.25, -0.2) is 0 Å². The second-order valence-electron chi connectivity index (χ2n) is 5.15. The molecule has 0 saturated heterocycles. The van der Waals surface area contributed by atoms with Gasteiger partial charge in [0.25, 0.3) is 0 Å². The first-order chi connectivity index (χ1) is 10.3. The number of ether oxygens (including phenoxy) is 3. The number of methoxy groups -OCH3 is 1. The summed E-state index contributed by atoms with van der Waals surface area (Å²) in [5.74, 6) is 2.57. The summed E-state index contributed by atoms with van der Waals surface area (Å²) in [4.78, 5) is 0. The fraction of sp³-hybridized carbons (Fsp3) is 0.235. The van der Waals surface area contributed by atoms with Crippen molar-refractivity contribution in [3.8, 4) is 17.2 Å². The van der Waals surface area contributed by atoms with Crippen molar-refractivity contribution < 1.29 is 35.8 Å². The number of rotatable bonds is 2. The highest BCUT2D eigenvalue weighted by Crippen LogP contribution is 2.36. The van der Waals surface area contributed by atoms with Gasteiger partial charge < -0.3 is 31.2 Å². The fourth-order valence-corrected chi connectivity index (χ4v) is 2.87. The maximum absolute atomic E-state index is 5.46. The number of hydrogen-bond acceptors (Lipinski definition) is 3. The Labute approximate surface area is 139 Å². The molecule has 0 bridgehead atoms. The van der Waals surface area contributed by atoms with E-state index in [1.165, 1.54) is 11.1 Å². The van der Waals surface area contributed by atoms with Crippen molar-refractivity contribution in [1.29, 1.82) is 0 Å². The van der Waals surface area contributed by atoms with E-state index in [9.17, 15) is 0 Å². The maximum Gasteiger partial charge on any atom is 0.247 e. The minimum absolute atomic E-state index is 0. The Morgan fingerprint density at radius 1 is 1.09 bits per heavy atom. The molecule has 22 heavy (non-hydrogen) atoms. The van der Waals surface area contributed by atoms with Crippen LogP contribution in [0.4, 0.5) is 5.69 Å². The van der Waals surface area contributed by atoms with Gasteiger partial charge in [-0.15, -0.1) is 0 Å². The molecule has 0 amide bonds. The molecule has 0 atom stereocenters. The van der Waals surface area contributed by atoms with Gasteiger partial charge in [0.15, 0.2) is 30.0 Å². The number of para-hydroxylation sites is 2. The third-order valence-electron chi connectivity index (χ3n) is 3.95. The second-order valence-corrected chi connectivity index (χ2v) is 5.15. The third kappa shape index (κ3) is 2.46. The van der Waals surface area contributed by atoms with Crippen molar-refractivity contribution >= 4 is 11.9 Å². The molecule has 0 saturated carbocycles. The van der Waals surface area contributed by atoms with Crippen LogP contribution in [-0.4, -0.2) is 31.2 Å². The summed E-state index contributed by atoms with van der Waals surface area (Å²) < 4.78 is 18.6. The van der Waals surface area contributed by atoms with Gasteiger partial charge in [-0.2, -0.15) is 4.58 Å². The largest absolute Gasteiger partial charge is 1.00 e. The zero-order chi connectivity index (χ0) is 14.2. The second kappa shape index (κ2) is 6.01. The molecule has 4 nitrogen and oxygen atoms in total. The van der Waals surface area contributed by atoms with Gasteiger partial charge in [0.2, 0.25) is 12.5 Å². The van der Waals surface area contributed by atoms with E-state index in [0.717, 1.165) is 35.9 Å². The van der Waals surface area contributed by atoms with Crippen LogP contribution < -0.4 is 31.2 Å². The van der Waals surface area contributed by atoms with Gasteiger partial charge in [0.05, 0.1) is 7.11 Å². The minimum atomic E-state index is 0. The lowest BCUT2D eigenvalue weighted by Crippen LogP contribution is -3.00. The SMILES string of the molecule is COc1ccccc1[N+]1=Cc2cc3c(cc2CC1)OCO3.[Br-]. The molecule has 2 heterocycles. The van der Waals surface area contributed by atoms with Crippen LogP contribution in [0, 0.1) is 0 Å². The Morgan fingerprint density at radius 3 is 2.68 bits per heavy atom. The van der Waals surface area contributed by atoms with Gasteiger partial charge >= 0.3 is 0 Å². The van der Waals surface area contributed by atoms with Crippen molar-refractivity contribution in [2.24, 2.45) is 0 Å². The van der Waals surface area contributed by atoms with Crippen LogP contribution in [0.15, 0.2) is 36.4 Å². The first-order valence-corrected chi connectivity index (χ1v) is 7.02. The normalized spacial score (nSPS) is 14.7. The summed E-state index contributed by atoms with van der Waals surface area (Å²) in [5.41, 5.74) is 3.56. The van der Waals surface area contributed by atoms with Gasteiger partial charge in [-0.05, 0) is 23.8 Å². The van der Waals surface area contributed by atoms with E-state index in [0.29, 0.717) is 6.79 Å². The Balaban J connectivity index is 0.00000144. The van der Waals surface area contributed by atoms with E-state index >= 15 is 0 Å². The number of nitrogens with zero attached hydrogens (tertiary/aromatic N) is 1. The molecule has 0 radical (unpaired) electrons. The van der Waals surface area contributed by atoms with E-state index in [1.54, 1.807) is 7.11 Å². The first-order valence-electron chi connectivity index (χ1n) is 7.02. The molecule has 0 N–H and O–H groups in total. The third-order valence-corrected chi connectivity index (χ3v) is 3.95. The summed E-state index contributed by atoms with van der Waals surface area (Å²) in [5, 5.41) is 0. The van der Waals surface area contributed by atoms with Gasteiger partial charge in [-0.1, -0.05) is 12.1 Å². The summed E-state index contributed by atoms with van der Waals surface area (Å²) in [6.45, 7) is 1.24. The van der Waals surface area contributed by atoms with Crippen molar-refractivity contribution in [3.63, 3.8) is 0 Å². The van der Waals surface area contributed by atoms with Crippen LogP contribution in [0.3, 0.4) is 0 Å². The molecular formula is C17H16BrNO3. The standard InChI is InChI=1S/C17H16NO3.BrH/c1-19-15-5-3-2-4-14(15)18-7-6-12-8-16-17(21-11-20-16)9-13(12)10-18;/h2-5,8-10H,6-7,11H2,1H3;1H/q+1;/p-1. The van der Waals surface area contributed by atoms with E-state index in [1.807, 2.05) is 18.2 Å². The molecule has 114 valence electrons. The number of hydrogen-bond donors (Lipinski definition) is 0. The fourth-order valence-electron chi connectivity index (χ4n) is 2.87. The van der Waals surface area contributed by atoms with E-state index in [4.69, 9.17) is 14.2 Å². The summed E-state index contributed by atoms with van der Waals surface area (Å²) in [7, 11) is 1.70. The Hall–Kier alpha value is -2.01. The molecule has 4 rings (SSSR count). The topological polar surface area (TPSA) is 30.7 Å². The molecule has 2 aliphatic heterocycles. The van der Waals surface area contributed by atoms with Crippen LogP contribution in [-0.2, 0) is 6.42 Å². The zero-order valence-electron chi connectivity index (χ0n) is 12.2. The smallest absolute Gasteiger partial charge is 0.247 e. The Bertz CT molecular complexity index is 743. The molecule has 2 aromatic carbocycles. The van der Waals surface area contributed by atoms with Crippen LogP contribution in [0.1, 0.15) is 11.1 Å². The van der Waals surface area contributed by atoms with Gasteiger partial charge in [-0.3, -0.25) is 0 Å². The van der Waals surface area contributed by atoms with Crippen LogP contribution in [0.2, 0.25) is 0 Å². The summed E-state index contributed by atoms with van der Waals surface area (Å²) in [6.07, 6.45) is 3.12. The number of benzene rings is 2. The maximum atomic E-state index is 5.46. The number of fused-ring (bicyclic) bond motifs is 2. The predicted octanol–water partition coefficient (Wildman–Crippen LogP) is -0.253. The van der Waals surface area contributed by atoms with Crippen LogP contribution >= 0.6 is 0 Å². The Morgan fingerprint density at radius 2 is 1.86 bits per heavy atom. The zero-order valence-corrected chi connectivity index (χ0v) is 13.8. The van der Waals surface area contributed by atoms with Crippen molar-refractivity contribution in [2.45, 2.75) is 6.42 Å². The van der Waals surface area contributed by atoms with Gasteiger partial charge in [0.1, 0.15) is 0 Å².